The second-order valence-electron chi connectivity index (χ2n) is 6.35. The number of hydrogen-bond acceptors (Lipinski definition) is 4. The standard InChI is InChI=1S/C16H21FN4O3S/c1-9-4-3-5-13(10(9)2)18-16(25)20-19-15(22)11-6-7-12(17)14(8-11)21(23)24/h6-10,13H,3-5H2,1-2H3,(H,19,22)(H2,18,20,25)/t9-,10-,13+/m1/s1. The Morgan fingerprint density at radius 1 is 1.32 bits per heavy atom. The van der Waals surface area contributed by atoms with Gasteiger partial charge >= 0.3 is 5.69 Å². The monoisotopic (exact) mass is 368 g/mol. The van der Waals surface area contributed by atoms with Crippen LogP contribution < -0.4 is 16.2 Å². The summed E-state index contributed by atoms with van der Waals surface area (Å²) in [7, 11) is 0. The number of benzene rings is 1. The van der Waals surface area contributed by atoms with E-state index in [1.807, 2.05) is 0 Å². The van der Waals surface area contributed by atoms with Gasteiger partial charge in [0, 0.05) is 17.7 Å². The van der Waals surface area contributed by atoms with E-state index < -0.39 is 22.3 Å². The maximum Gasteiger partial charge on any atom is 0.305 e. The predicted molar refractivity (Wildman–Crippen MR) is 95.4 cm³/mol. The van der Waals surface area contributed by atoms with Crippen LogP contribution in [-0.2, 0) is 0 Å². The van der Waals surface area contributed by atoms with Gasteiger partial charge in [0.15, 0.2) is 5.11 Å². The van der Waals surface area contributed by atoms with E-state index in [1.165, 1.54) is 12.5 Å². The largest absolute Gasteiger partial charge is 0.358 e. The van der Waals surface area contributed by atoms with Crippen molar-refractivity contribution in [3.63, 3.8) is 0 Å². The van der Waals surface area contributed by atoms with Gasteiger partial charge in [-0.2, -0.15) is 4.39 Å². The van der Waals surface area contributed by atoms with Gasteiger partial charge in [0.25, 0.3) is 5.91 Å². The fourth-order valence-electron chi connectivity index (χ4n) is 2.97. The van der Waals surface area contributed by atoms with Crippen molar-refractivity contribution in [2.24, 2.45) is 11.8 Å². The number of hydrogen-bond donors (Lipinski definition) is 3. The molecule has 1 fully saturated rings. The van der Waals surface area contributed by atoms with Crippen molar-refractivity contribution in [3.05, 3.63) is 39.7 Å². The van der Waals surface area contributed by atoms with E-state index in [1.54, 1.807) is 0 Å². The minimum absolute atomic E-state index is 0.0388. The summed E-state index contributed by atoms with van der Waals surface area (Å²) in [6, 6.07) is 3.16. The van der Waals surface area contributed by atoms with Crippen LogP contribution in [0, 0.1) is 27.8 Å². The van der Waals surface area contributed by atoms with Crippen molar-refractivity contribution in [2.45, 2.75) is 39.2 Å². The number of hydrazine groups is 1. The van der Waals surface area contributed by atoms with E-state index >= 15 is 0 Å². The molecule has 0 aliphatic heterocycles. The van der Waals surface area contributed by atoms with Gasteiger partial charge in [0.2, 0.25) is 5.82 Å². The van der Waals surface area contributed by atoms with Crippen LogP contribution in [0.3, 0.4) is 0 Å². The predicted octanol–water partition coefficient (Wildman–Crippen LogP) is 2.67. The van der Waals surface area contributed by atoms with Crippen LogP contribution in [0.5, 0.6) is 0 Å². The zero-order chi connectivity index (χ0) is 18.6. The SMILES string of the molecule is C[C@@H]1[C@H](C)CCC[C@@H]1NC(=S)NNC(=O)c1ccc(F)c([N+](=O)[O-])c1. The van der Waals surface area contributed by atoms with Crippen molar-refractivity contribution in [3.8, 4) is 0 Å². The lowest BCUT2D eigenvalue weighted by atomic mass is 9.78. The Kier molecular flexibility index (Phi) is 6.24. The molecule has 1 saturated carbocycles. The number of rotatable bonds is 3. The van der Waals surface area contributed by atoms with Crippen LogP contribution in [0.1, 0.15) is 43.5 Å². The molecule has 0 spiro atoms. The number of thiocarbonyl (C=S) groups is 1. The summed E-state index contributed by atoms with van der Waals surface area (Å²) >= 11 is 5.18. The van der Waals surface area contributed by atoms with E-state index in [-0.39, 0.29) is 16.7 Å². The molecule has 136 valence electrons. The van der Waals surface area contributed by atoms with Gasteiger partial charge in [-0.3, -0.25) is 25.8 Å². The van der Waals surface area contributed by atoms with Crippen molar-refractivity contribution < 1.29 is 14.1 Å². The van der Waals surface area contributed by atoms with Crippen LogP contribution in [-0.4, -0.2) is 22.0 Å². The fourth-order valence-corrected chi connectivity index (χ4v) is 3.17. The lowest BCUT2D eigenvalue weighted by molar-refractivity contribution is -0.387. The molecule has 1 aliphatic rings. The highest BCUT2D eigenvalue weighted by atomic mass is 32.1. The first-order valence-corrected chi connectivity index (χ1v) is 8.51. The first-order valence-electron chi connectivity index (χ1n) is 8.10. The number of amides is 1. The zero-order valence-corrected chi connectivity index (χ0v) is 14.9. The first-order chi connectivity index (χ1) is 11.8. The normalized spacial score (nSPS) is 22.8. The second kappa shape index (κ2) is 8.19. The zero-order valence-electron chi connectivity index (χ0n) is 14.0. The average molecular weight is 368 g/mol. The summed E-state index contributed by atoms with van der Waals surface area (Å²) in [5.74, 6) is -0.572. The Bertz CT molecular complexity index is 685. The number of nitro groups is 1. The number of nitrogens with one attached hydrogen (secondary N) is 3. The third kappa shape index (κ3) is 4.85. The van der Waals surface area contributed by atoms with E-state index in [4.69, 9.17) is 12.2 Å². The van der Waals surface area contributed by atoms with Crippen LogP contribution in [0.4, 0.5) is 10.1 Å². The maximum atomic E-state index is 13.3. The van der Waals surface area contributed by atoms with Crippen molar-refractivity contribution >= 4 is 28.9 Å². The number of nitrogens with zero attached hydrogens (tertiary/aromatic N) is 1. The molecule has 1 aromatic carbocycles. The molecule has 0 radical (unpaired) electrons. The second-order valence-corrected chi connectivity index (χ2v) is 6.76. The number of nitro benzene ring substituents is 1. The smallest absolute Gasteiger partial charge is 0.305 e. The minimum Gasteiger partial charge on any atom is -0.358 e. The van der Waals surface area contributed by atoms with Gasteiger partial charge < -0.3 is 5.32 Å². The van der Waals surface area contributed by atoms with Crippen LogP contribution in [0.2, 0.25) is 0 Å². The Balaban J connectivity index is 1.90. The molecular weight excluding hydrogens is 347 g/mol. The molecule has 1 amide bonds. The maximum absolute atomic E-state index is 13.3. The minimum atomic E-state index is -0.993. The molecule has 1 aromatic rings. The van der Waals surface area contributed by atoms with Gasteiger partial charge in [0.05, 0.1) is 4.92 Å². The quantitative estimate of drug-likeness (QED) is 0.431. The molecule has 7 nitrogen and oxygen atoms in total. The summed E-state index contributed by atoms with van der Waals surface area (Å²) in [5.41, 5.74) is 4.16. The molecule has 0 unspecified atom stereocenters. The van der Waals surface area contributed by atoms with Crippen molar-refractivity contribution in [2.75, 3.05) is 0 Å². The first kappa shape index (κ1) is 19.0. The summed E-state index contributed by atoms with van der Waals surface area (Å²) in [6.07, 6.45) is 3.32. The highest BCUT2D eigenvalue weighted by molar-refractivity contribution is 7.80. The third-order valence-electron chi connectivity index (χ3n) is 4.72. The van der Waals surface area contributed by atoms with E-state index in [0.717, 1.165) is 25.0 Å². The average Bonchev–Trinajstić information content (AvgIpc) is 2.57. The molecular formula is C16H21FN4O3S. The van der Waals surface area contributed by atoms with E-state index in [2.05, 4.69) is 30.0 Å². The van der Waals surface area contributed by atoms with Gasteiger partial charge in [0.1, 0.15) is 0 Å². The molecule has 0 saturated heterocycles. The van der Waals surface area contributed by atoms with Crippen molar-refractivity contribution in [1.29, 1.82) is 0 Å². The van der Waals surface area contributed by atoms with Gasteiger partial charge in [-0.25, -0.2) is 0 Å². The number of carbonyl (C=O) groups is 1. The third-order valence-corrected chi connectivity index (χ3v) is 4.94. The summed E-state index contributed by atoms with van der Waals surface area (Å²) in [5, 5.41) is 14.2. The Labute approximate surface area is 150 Å². The summed E-state index contributed by atoms with van der Waals surface area (Å²) < 4.78 is 13.3. The molecule has 0 bridgehead atoms. The molecule has 9 heteroatoms. The number of halogens is 1. The Morgan fingerprint density at radius 3 is 2.72 bits per heavy atom. The number of carbonyl (C=O) groups excluding carboxylic acids is 1. The molecule has 1 aliphatic carbocycles. The van der Waals surface area contributed by atoms with Crippen LogP contribution >= 0.6 is 12.2 Å². The Morgan fingerprint density at radius 2 is 2.04 bits per heavy atom. The van der Waals surface area contributed by atoms with E-state index in [0.29, 0.717) is 11.8 Å². The molecule has 2 rings (SSSR count). The molecule has 3 N–H and O–H groups in total. The Hall–Kier alpha value is -2.29. The van der Waals surface area contributed by atoms with Gasteiger partial charge in [-0.15, -0.1) is 0 Å². The van der Waals surface area contributed by atoms with Crippen LogP contribution in [0.15, 0.2) is 18.2 Å². The van der Waals surface area contributed by atoms with Gasteiger partial charge in [-0.05, 0) is 42.6 Å². The summed E-state index contributed by atoms with van der Waals surface area (Å²) in [6.45, 7) is 4.37. The van der Waals surface area contributed by atoms with E-state index in [9.17, 15) is 19.3 Å². The topological polar surface area (TPSA) is 96.3 Å². The van der Waals surface area contributed by atoms with Crippen molar-refractivity contribution in [1.82, 2.24) is 16.2 Å². The molecule has 0 heterocycles. The highest BCUT2D eigenvalue weighted by Gasteiger charge is 2.27. The summed E-state index contributed by atoms with van der Waals surface area (Å²) in [4.78, 5) is 21.9. The van der Waals surface area contributed by atoms with Gasteiger partial charge in [-0.1, -0.05) is 26.7 Å². The highest BCUT2D eigenvalue weighted by Crippen LogP contribution is 2.29. The van der Waals surface area contributed by atoms with Crippen LogP contribution in [0.25, 0.3) is 0 Å². The molecule has 25 heavy (non-hydrogen) atoms. The lowest BCUT2D eigenvalue weighted by Crippen LogP contribution is -2.52. The fraction of sp³-hybridized carbons (Fsp3) is 0.500. The molecule has 3 atom stereocenters. The lowest BCUT2D eigenvalue weighted by Gasteiger charge is -2.35. The molecule has 0 aromatic heterocycles.